The Morgan fingerprint density at radius 2 is 1.72 bits per heavy atom. The number of anilines is 1. The second-order valence-corrected chi connectivity index (χ2v) is 8.56. The number of nitrogens with one attached hydrogen (secondary N) is 1. The third kappa shape index (κ3) is 4.93. The molecule has 1 atom stereocenters. The highest BCUT2D eigenvalue weighted by Crippen LogP contribution is 2.39. The first-order valence-electron chi connectivity index (χ1n) is 11.7. The zero-order valence-corrected chi connectivity index (χ0v) is 20.2. The number of phenolic OH excluding ortho intramolecular Hbond substituents is 1. The summed E-state index contributed by atoms with van der Waals surface area (Å²) in [6, 6.07) is 26.9. The summed E-state index contributed by atoms with van der Waals surface area (Å²) in [6.45, 7) is 2.45. The number of rotatable bonds is 8. The Labute approximate surface area is 210 Å². The van der Waals surface area contributed by atoms with Crippen LogP contribution in [0.3, 0.4) is 0 Å². The van der Waals surface area contributed by atoms with Gasteiger partial charge in [-0.05, 0) is 53.9 Å². The average molecular weight is 478 g/mol. The van der Waals surface area contributed by atoms with Crippen LogP contribution in [0.4, 0.5) is 5.82 Å². The van der Waals surface area contributed by atoms with Crippen molar-refractivity contribution in [3.63, 3.8) is 0 Å². The van der Waals surface area contributed by atoms with E-state index in [1.165, 1.54) is 0 Å². The molecule has 0 amide bonds. The molecule has 3 aromatic carbocycles. The monoisotopic (exact) mass is 477 g/mol. The summed E-state index contributed by atoms with van der Waals surface area (Å²) < 4.78 is 11.7. The van der Waals surface area contributed by atoms with Crippen LogP contribution in [0.15, 0.2) is 97.3 Å². The van der Waals surface area contributed by atoms with Gasteiger partial charge in [-0.15, -0.1) is 0 Å². The number of methoxy groups -OCH3 is 1. The number of hydrogen-bond acceptors (Lipinski definition) is 6. The maximum atomic E-state index is 11.2. The molecule has 0 unspecified atom stereocenters. The molecule has 0 aliphatic rings. The number of nitrogens with zero attached hydrogens (tertiary/aromatic N) is 2. The number of aromatic nitrogens is 2. The minimum absolute atomic E-state index is 0.127. The predicted molar refractivity (Wildman–Crippen MR) is 142 cm³/mol. The van der Waals surface area contributed by atoms with Gasteiger partial charge in [0.25, 0.3) is 0 Å². The summed E-state index contributed by atoms with van der Waals surface area (Å²) in [5, 5.41) is 15.6. The van der Waals surface area contributed by atoms with Gasteiger partial charge in [-0.3, -0.25) is 4.98 Å². The Hall–Kier alpha value is -4.58. The molecule has 0 spiro atoms. The zero-order chi connectivity index (χ0) is 24.9. The number of fused-ring (bicyclic) bond motifs is 1. The van der Waals surface area contributed by atoms with E-state index in [0.717, 1.165) is 22.1 Å². The molecule has 5 aromatic rings. The van der Waals surface area contributed by atoms with Crippen LogP contribution in [-0.2, 0) is 6.61 Å². The van der Waals surface area contributed by atoms with Crippen molar-refractivity contribution in [2.75, 3.05) is 12.4 Å². The number of pyridine rings is 2. The molecular weight excluding hydrogens is 450 g/mol. The fourth-order valence-electron chi connectivity index (χ4n) is 4.20. The van der Waals surface area contributed by atoms with E-state index in [-0.39, 0.29) is 5.75 Å². The van der Waals surface area contributed by atoms with Gasteiger partial charge in [0.05, 0.1) is 13.2 Å². The number of benzene rings is 3. The Bertz CT molecular complexity index is 1490. The van der Waals surface area contributed by atoms with Crippen LogP contribution in [0.25, 0.3) is 10.9 Å². The molecule has 6 heteroatoms. The summed E-state index contributed by atoms with van der Waals surface area (Å²) in [5.74, 6) is 2.07. The molecule has 6 nitrogen and oxygen atoms in total. The van der Waals surface area contributed by atoms with Crippen molar-refractivity contribution in [3.8, 4) is 17.2 Å². The third-order valence-corrected chi connectivity index (χ3v) is 6.06. The normalized spacial score (nSPS) is 11.7. The fourth-order valence-corrected chi connectivity index (χ4v) is 4.20. The molecule has 2 aromatic heterocycles. The Morgan fingerprint density at radius 3 is 2.53 bits per heavy atom. The van der Waals surface area contributed by atoms with Gasteiger partial charge in [-0.1, -0.05) is 54.6 Å². The lowest BCUT2D eigenvalue weighted by atomic mass is 9.95. The number of ether oxygens (including phenoxy) is 2. The van der Waals surface area contributed by atoms with Crippen LogP contribution in [0, 0.1) is 6.92 Å². The SMILES string of the molecule is COc1cc([C@H](Nc2cc(C)ccn2)c2ccc3cccnc3c2O)ccc1OCc1ccccc1. The number of aromatic hydroxyl groups is 1. The molecule has 0 fully saturated rings. The van der Waals surface area contributed by atoms with Gasteiger partial charge in [0.1, 0.15) is 23.7 Å². The van der Waals surface area contributed by atoms with Crippen molar-refractivity contribution in [1.82, 2.24) is 9.97 Å². The van der Waals surface area contributed by atoms with E-state index >= 15 is 0 Å². The Morgan fingerprint density at radius 1 is 0.861 bits per heavy atom. The highest BCUT2D eigenvalue weighted by molar-refractivity contribution is 5.86. The van der Waals surface area contributed by atoms with Gasteiger partial charge in [-0.25, -0.2) is 4.98 Å². The lowest BCUT2D eigenvalue weighted by molar-refractivity contribution is 0.284. The highest BCUT2D eigenvalue weighted by atomic mass is 16.5. The van der Waals surface area contributed by atoms with Gasteiger partial charge in [0, 0.05) is 23.3 Å². The van der Waals surface area contributed by atoms with E-state index < -0.39 is 6.04 Å². The fraction of sp³-hybridized carbons (Fsp3) is 0.133. The summed E-state index contributed by atoms with van der Waals surface area (Å²) >= 11 is 0. The average Bonchev–Trinajstić information content (AvgIpc) is 2.92. The largest absolute Gasteiger partial charge is 0.505 e. The van der Waals surface area contributed by atoms with Crippen molar-refractivity contribution < 1.29 is 14.6 Å². The molecule has 5 rings (SSSR count). The number of aryl methyl sites for hydroxylation is 1. The number of phenols is 1. The van der Waals surface area contributed by atoms with E-state index in [4.69, 9.17) is 9.47 Å². The maximum absolute atomic E-state index is 11.2. The van der Waals surface area contributed by atoms with Crippen molar-refractivity contribution in [1.29, 1.82) is 0 Å². The molecule has 36 heavy (non-hydrogen) atoms. The van der Waals surface area contributed by atoms with Crippen molar-refractivity contribution in [3.05, 3.63) is 120 Å². The first-order chi connectivity index (χ1) is 17.6. The molecular formula is C30H27N3O3. The first kappa shape index (κ1) is 23.2. The van der Waals surface area contributed by atoms with E-state index in [1.807, 2.05) is 91.9 Å². The standard InChI is InChI=1S/C30H27N3O3/c1-20-14-16-31-27(17-20)33-28(24-12-10-22-9-6-15-32-29(22)30(24)34)23-11-13-25(26(18-23)35-2)36-19-21-7-4-3-5-8-21/h3-18,28,34H,19H2,1-2H3,(H,31,33)/t28-/m0/s1. The topological polar surface area (TPSA) is 76.5 Å². The van der Waals surface area contributed by atoms with Crippen molar-refractivity contribution in [2.45, 2.75) is 19.6 Å². The zero-order valence-electron chi connectivity index (χ0n) is 20.2. The van der Waals surface area contributed by atoms with Gasteiger partial charge in [0.15, 0.2) is 11.5 Å². The Kier molecular flexibility index (Phi) is 6.67. The second kappa shape index (κ2) is 10.4. The minimum atomic E-state index is -0.414. The van der Waals surface area contributed by atoms with Gasteiger partial charge in [-0.2, -0.15) is 0 Å². The van der Waals surface area contributed by atoms with Gasteiger partial charge in [0.2, 0.25) is 0 Å². The van der Waals surface area contributed by atoms with Crippen molar-refractivity contribution in [2.24, 2.45) is 0 Å². The molecule has 0 radical (unpaired) electrons. The lowest BCUT2D eigenvalue weighted by Crippen LogP contribution is -2.14. The van der Waals surface area contributed by atoms with Gasteiger partial charge < -0.3 is 19.9 Å². The van der Waals surface area contributed by atoms with Crippen LogP contribution >= 0.6 is 0 Å². The van der Waals surface area contributed by atoms with Gasteiger partial charge >= 0.3 is 0 Å². The van der Waals surface area contributed by atoms with E-state index in [0.29, 0.717) is 35.0 Å². The molecule has 180 valence electrons. The molecule has 0 bridgehead atoms. The van der Waals surface area contributed by atoms with E-state index in [1.54, 1.807) is 19.5 Å². The molecule has 0 saturated carbocycles. The first-order valence-corrected chi connectivity index (χ1v) is 11.7. The smallest absolute Gasteiger partial charge is 0.161 e. The molecule has 2 N–H and O–H groups in total. The molecule has 0 aliphatic carbocycles. The van der Waals surface area contributed by atoms with Crippen LogP contribution in [-0.4, -0.2) is 22.2 Å². The quantitative estimate of drug-likeness (QED) is 0.268. The molecule has 2 heterocycles. The second-order valence-electron chi connectivity index (χ2n) is 8.56. The maximum Gasteiger partial charge on any atom is 0.161 e. The molecule has 0 saturated heterocycles. The Balaban J connectivity index is 1.54. The number of hydrogen-bond donors (Lipinski definition) is 2. The minimum Gasteiger partial charge on any atom is -0.505 e. The van der Waals surface area contributed by atoms with E-state index in [2.05, 4.69) is 15.3 Å². The summed E-state index contributed by atoms with van der Waals surface area (Å²) in [4.78, 5) is 8.88. The molecule has 0 aliphatic heterocycles. The van der Waals surface area contributed by atoms with E-state index in [9.17, 15) is 5.11 Å². The summed E-state index contributed by atoms with van der Waals surface area (Å²) in [6.07, 6.45) is 3.44. The highest BCUT2D eigenvalue weighted by Gasteiger charge is 2.22. The van der Waals surface area contributed by atoms with Crippen molar-refractivity contribution >= 4 is 16.7 Å². The lowest BCUT2D eigenvalue weighted by Gasteiger charge is -2.23. The predicted octanol–water partition coefficient (Wildman–Crippen LogP) is 6.43. The van der Waals surface area contributed by atoms with Crippen LogP contribution < -0.4 is 14.8 Å². The van der Waals surface area contributed by atoms with Crippen LogP contribution in [0.2, 0.25) is 0 Å². The van der Waals surface area contributed by atoms with Crippen LogP contribution in [0.5, 0.6) is 17.2 Å². The summed E-state index contributed by atoms with van der Waals surface area (Å²) in [5.41, 5.74) is 4.27. The summed E-state index contributed by atoms with van der Waals surface area (Å²) in [7, 11) is 1.62. The van der Waals surface area contributed by atoms with Crippen LogP contribution in [0.1, 0.15) is 28.3 Å². The third-order valence-electron chi connectivity index (χ3n) is 6.06.